The van der Waals surface area contributed by atoms with E-state index >= 15 is 0 Å². The van der Waals surface area contributed by atoms with Crippen LogP contribution in [0, 0.1) is 5.92 Å². The number of nitrogens with one attached hydrogen (secondary N) is 1. The Labute approximate surface area is 126 Å². The van der Waals surface area contributed by atoms with Crippen molar-refractivity contribution >= 4 is 11.6 Å². The maximum absolute atomic E-state index is 12.0. The van der Waals surface area contributed by atoms with Crippen molar-refractivity contribution in [3.8, 4) is 11.5 Å². The van der Waals surface area contributed by atoms with Crippen molar-refractivity contribution in [1.29, 1.82) is 0 Å². The SMILES string of the molecule is COc1ccc(NC(=O)CCC2CCC[N]C2)c(OC)c1. The zero-order valence-corrected chi connectivity index (χ0v) is 12.7. The normalized spacial score (nSPS) is 18.1. The first-order valence-corrected chi connectivity index (χ1v) is 7.38. The van der Waals surface area contributed by atoms with Crippen LogP contribution >= 0.6 is 0 Å². The smallest absolute Gasteiger partial charge is 0.224 e. The predicted molar refractivity (Wildman–Crippen MR) is 82.0 cm³/mol. The van der Waals surface area contributed by atoms with Crippen molar-refractivity contribution in [3.05, 3.63) is 18.2 Å². The van der Waals surface area contributed by atoms with Crippen LogP contribution in [-0.4, -0.2) is 33.2 Å². The molecule has 0 spiro atoms. The Kier molecular flexibility index (Phi) is 5.87. The molecule has 5 heteroatoms. The van der Waals surface area contributed by atoms with E-state index in [2.05, 4.69) is 10.6 Å². The van der Waals surface area contributed by atoms with Crippen molar-refractivity contribution in [1.82, 2.24) is 5.32 Å². The van der Waals surface area contributed by atoms with Gasteiger partial charge in [-0.2, -0.15) is 0 Å². The molecule has 5 nitrogen and oxygen atoms in total. The molecule has 1 aromatic rings. The summed E-state index contributed by atoms with van der Waals surface area (Å²) >= 11 is 0. The second kappa shape index (κ2) is 7.88. The number of ether oxygens (including phenoxy) is 2. The van der Waals surface area contributed by atoms with Gasteiger partial charge in [0.05, 0.1) is 19.9 Å². The number of carbonyl (C=O) groups is 1. The number of carbonyl (C=O) groups excluding carboxylic acids is 1. The molecule has 0 saturated carbocycles. The molecule has 115 valence electrons. The van der Waals surface area contributed by atoms with Crippen LogP contribution in [0.1, 0.15) is 25.7 Å². The fraction of sp³-hybridized carbons (Fsp3) is 0.562. The minimum atomic E-state index is 0.0176. The summed E-state index contributed by atoms with van der Waals surface area (Å²) < 4.78 is 10.4. The molecule has 1 aliphatic heterocycles. The first-order chi connectivity index (χ1) is 10.2. The Balaban J connectivity index is 1.86. The third-order valence-electron chi connectivity index (χ3n) is 3.78. The summed E-state index contributed by atoms with van der Waals surface area (Å²) in [5.41, 5.74) is 0.677. The van der Waals surface area contributed by atoms with Gasteiger partial charge in [-0.25, -0.2) is 5.32 Å². The van der Waals surface area contributed by atoms with Gasteiger partial charge in [0.1, 0.15) is 11.5 Å². The van der Waals surface area contributed by atoms with Crippen molar-refractivity contribution in [2.45, 2.75) is 25.7 Å². The number of methoxy groups -OCH3 is 2. The van der Waals surface area contributed by atoms with Crippen molar-refractivity contribution in [2.24, 2.45) is 5.92 Å². The minimum absolute atomic E-state index is 0.0176. The molecule has 1 amide bonds. The average Bonchev–Trinajstić information content (AvgIpc) is 2.54. The van der Waals surface area contributed by atoms with E-state index < -0.39 is 0 Å². The fourth-order valence-electron chi connectivity index (χ4n) is 2.54. The zero-order chi connectivity index (χ0) is 15.1. The van der Waals surface area contributed by atoms with Gasteiger partial charge < -0.3 is 14.8 Å². The van der Waals surface area contributed by atoms with Crippen LogP contribution in [-0.2, 0) is 4.79 Å². The van der Waals surface area contributed by atoms with Gasteiger partial charge in [0, 0.05) is 25.6 Å². The number of anilines is 1. The number of amides is 1. The number of hydrogen-bond acceptors (Lipinski definition) is 3. The Hall–Kier alpha value is -1.75. The topological polar surface area (TPSA) is 61.7 Å². The maximum Gasteiger partial charge on any atom is 0.224 e. The summed E-state index contributed by atoms with van der Waals surface area (Å²) in [6, 6.07) is 5.36. The molecule has 21 heavy (non-hydrogen) atoms. The van der Waals surface area contributed by atoms with E-state index in [4.69, 9.17) is 9.47 Å². The fourth-order valence-corrected chi connectivity index (χ4v) is 2.54. The highest BCUT2D eigenvalue weighted by Crippen LogP contribution is 2.29. The van der Waals surface area contributed by atoms with Gasteiger partial charge in [-0.05, 0) is 37.3 Å². The third kappa shape index (κ3) is 4.63. The van der Waals surface area contributed by atoms with Crippen molar-refractivity contribution in [2.75, 3.05) is 32.6 Å². The highest BCUT2D eigenvalue weighted by Gasteiger charge is 2.16. The van der Waals surface area contributed by atoms with Crippen LogP contribution in [0.2, 0.25) is 0 Å². The lowest BCUT2D eigenvalue weighted by Gasteiger charge is -2.21. The Morgan fingerprint density at radius 1 is 1.38 bits per heavy atom. The van der Waals surface area contributed by atoms with Crippen LogP contribution in [0.3, 0.4) is 0 Å². The molecule has 1 aromatic carbocycles. The monoisotopic (exact) mass is 291 g/mol. The largest absolute Gasteiger partial charge is 0.497 e. The van der Waals surface area contributed by atoms with E-state index in [1.54, 1.807) is 32.4 Å². The molecule has 0 bridgehead atoms. The number of piperidine rings is 1. The molecular weight excluding hydrogens is 268 g/mol. The van der Waals surface area contributed by atoms with E-state index in [9.17, 15) is 4.79 Å². The van der Waals surface area contributed by atoms with Gasteiger partial charge in [-0.15, -0.1) is 0 Å². The van der Waals surface area contributed by atoms with Gasteiger partial charge in [0.2, 0.25) is 5.91 Å². The van der Waals surface area contributed by atoms with Crippen LogP contribution in [0.4, 0.5) is 5.69 Å². The van der Waals surface area contributed by atoms with E-state index in [1.807, 2.05) is 0 Å². The second-order valence-electron chi connectivity index (χ2n) is 5.29. The molecule has 1 atom stereocenters. The van der Waals surface area contributed by atoms with Gasteiger partial charge >= 0.3 is 0 Å². The summed E-state index contributed by atoms with van der Waals surface area (Å²) in [6.45, 7) is 1.88. The Bertz CT molecular complexity index is 471. The standard InChI is InChI=1S/C16H23N2O3/c1-20-13-6-7-14(15(10-13)21-2)18-16(19)8-5-12-4-3-9-17-11-12/h6-7,10,12H,3-5,8-9,11H2,1-2H3,(H,18,19). The van der Waals surface area contributed by atoms with E-state index in [1.165, 1.54) is 6.42 Å². The molecule has 1 radical (unpaired) electrons. The number of nitrogens with zero attached hydrogens (tertiary/aromatic N) is 1. The molecule has 1 aliphatic rings. The van der Waals surface area contributed by atoms with Crippen LogP contribution in [0.15, 0.2) is 18.2 Å². The van der Waals surface area contributed by atoms with Gasteiger partial charge in [-0.1, -0.05) is 0 Å². The van der Waals surface area contributed by atoms with Crippen molar-refractivity contribution < 1.29 is 14.3 Å². The summed E-state index contributed by atoms with van der Waals surface area (Å²) in [4.78, 5) is 12.0. The van der Waals surface area contributed by atoms with Gasteiger partial charge in [0.25, 0.3) is 0 Å². The molecule has 1 fully saturated rings. The summed E-state index contributed by atoms with van der Waals surface area (Å²) in [6.07, 6.45) is 3.75. The number of rotatable bonds is 6. The second-order valence-corrected chi connectivity index (χ2v) is 5.29. The molecule has 1 N–H and O–H groups in total. The first-order valence-electron chi connectivity index (χ1n) is 7.38. The first kappa shape index (κ1) is 15.6. The molecule has 2 rings (SSSR count). The number of hydrogen-bond donors (Lipinski definition) is 1. The lowest BCUT2D eigenvalue weighted by atomic mass is 9.94. The molecule has 1 heterocycles. The average molecular weight is 291 g/mol. The lowest BCUT2D eigenvalue weighted by molar-refractivity contribution is -0.116. The number of benzene rings is 1. The molecule has 1 unspecified atom stereocenters. The van der Waals surface area contributed by atoms with Gasteiger partial charge in [0.15, 0.2) is 0 Å². The highest BCUT2D eigenvalue weighted by atomic mass is 16.5. The van der Waals surface area contributed by atoms with Crippen LogP contribution in [0.5, 0.6) is 11.5 Å². The van der Waals surface area contributed by atoms with E-state index in [0.29, 0.717) is 29.5 Å². The maximum atomic E-state index is 12.0. The van der Waals surface area contributed by atoms with Crippen molar-refractivity contribution in [3.63, 3.8) is 0 Å². The van der Waals surface area contributed by atoms with Gasteiger partial charge in [-0.3, -0.25) is 4.79 Å². The highest BCUT2D eigenvalue weighted by molar-refractivity contribution is 5.92. The summed E-state index contributed by atoms with van der Waals surface area (Å²) in [7, 11) is 3.18. The predicted octanol–water partition coefficient (Wildman–Crippen LogP) is 2.44. The lowest BCUT2D eigenvalue weighted by Crippen LogP contribution is -2.25. The van der Waals surface area contributed by atoms with Crippen LogP contribution in [0.25, 0.3) is 0 Å². The molecular formula is C16H23N2O3. The molecule has 0 aromatic heterocycles. The van der Waals surface area contributed by atoms with E-state index in [-0.39, 0.29) is 5.91 Å². The Morgan fingerprint density at radius 2 is 2.24 bits per heavy atom. The summed E-state index contributed by atoms with van der Waals surface area (Å²) in [5.74, 6) is 1.88. The van der Waals surface area contributed by atoms with Crippen LogP contribution < -0.4 is 20.1 Å². The minimum Gasteiger partial charge on any atom is -0.497 e. The summed E-state index contributed by atoms with van der Waals surface area (Å²) in [5, 5.41) is 7.30. The molecule has 0 aliphatic carbocycles. The quantitative estimate of drug-likeness (QED) is 0.875. The third-order valence-corrected chi connectivity index (χ3v) is 3.78. The molecule has 1 saturated heterocycles. The zero-order valence-electron chi connectivity index (χ0n) is 12.7. The Morgan fingerprint density at radius 3 is 2.90 bits per heavy atom. The van der Waals surface area contributed by atoms with E-state index in [0.717, 1.165) is 25.9 Å².